The molecule has 0 aliphatic heterocycles. The summed E-state index contributed by atoms with van der Waals surface area (Å²) >= 11 is 0. The first-order valence-corrected chi connectivity index (χ1v) is 9.05. The van der Waals surface area contributed by atoms with Crippen molar-refractivity contribution in [1.82, 2.24) is 35.2 Å². The Bertz CT molecular complexity index is 921. The maximum Gasteiger partial charge on any atom is 0.191 e. The smallest absolute Gasteiger partial charge is 0.191 e. The molecule has 2 N–H and O–H groups in total. The average Bonchev–Trinajstić information content (AvgIpc) is 3.22. The van der Waals surface area contributed by atoms with E-state index in [0.29, 0.717) is 13.1 Å². The van der Waals surface area contributed by atoms with Gasteiger partial charge in [-0.3, -0.25) is 0 Å². The first-order valence-electron chi connectivity index (χ1n) is 9.05. The van der Waals surface area contributed by atoms with Crippen LogP contribution < -0.4 is 10.6 Å². The van der Waals surface area contributed by atoms with Gasteiger partial charge in [0.2, 0.25) is 0 Å². The number of guanidine groups is 1. The second-order valence-electron chi connectivity index (χ2n) is 6.37. The highest BCUT2D eigenvalue weighted by atomic mass is 15.3. The van der Waals surface area contributed by atoms with Crippen molar-refractivity contribution in [2.45, 2.75) is 33.9 Å². The van der Waals surface area contributed by atoms with Crippen molar-refractivity contribution < 1.29 is 0 Å². The highest BCUT2D eigenvalue weighted by molar-refractivity contribution is 5.79. The number of nitrogens with zero attached hydrogens (tertiary/aromatic N) is 6. The van der Waals surface area contributed by atoms with Crippen LogP contribution in [-0.2, 0) is 20.1 Å². The van der Waals surface area contributed by atoms with Gasteiger partial charge in [-0.2, -0.15) is 5.10 Å². The van der Waals surface area contributed by atoms with Crippen LogP contribution in [0.1, 0.15) is 29.7 Å². The molecule has 0 atom stereocenters. The zero-order chi connectivity index (χ0) is 19.2. The molecule has 0 fully saturated rings. The minimum absolute atomic E-state index is 0.544. The van der Waals surface area contributed by atoms with Crippen molar-refractivity contribution in [2.75, 3.05) is 6.54 Å². The number of hydrogen-bond donors (Lipinski definition) is 2. The zero-order valence-corrected chi connectivity index (χ0v) is 16.3. The molecule has 2 heterocycles. The van der Waals surface area contributed by atoms with Gasteiger partial charge < -0.3 is 15.2 Å². The lowest BCUT2D eigenvalue weighted by Gasteiger charge is -2.13. The molecular formula is C19H26N8. The molecule has 8 nitrogen and oxygen atoms in total. The van der Waals surface area contributed by atoms with Gasteiger partial charge in [0.1, 0.15) is 6.33 Å². The first-order chi connectivity index (χ1) is 13.1. The number of rotatable bonds is 6. The lowest BCUT2D eigenvalue weighted by atomic mass is 10.2. The summed E-state index contributed by atoms with van der Waals surface area (Å²) in [5.41, 5.74) is 4.27. The Morgan fingerprint density at radius 3 is 2.67 bits per heavy atom. The van der Waals surface area contributed by atoms with Crippen LogP contribution in [0.5, 0.6) is 0 Å². The van der Waals surface area contributed by atoms with E-state index in [0.717, 1.165) is 41.0 Å². The molecule has 142 valence electrons. The molecule has 0 unspecified atom stereocenters. The summed E-state index contributed by atoms with van der Waals surface area (Å²) in [5, 5.41) is 19.2. The van der Waals surface area contributed by atoms with E-state index >= 15 is 0 Å². The van der Waals surface area contributed by atoms with Crippen molar-refractivity contribution in [3.63, 3.8) is 0 Å². The van der Waals surface area contributed by atoms with Gasteiger partial charge in [0, 0.05) is 19.3 Å². The quantitative estimate of drug-likeness (QED) is 0.514. The van der Waals surface area contributed by atoms with Gasteiger partial charge in [0.05, 0.1) is 24.5 Å². The van der Waals surface area contributed by atoms with E-state index in [-0.39, 0.29) is 0 Å². The van der Waals surface area contributed by atoms with Crippen LogP contribution >= 0.6 is 0 Å². The molecule has 2 aromatic heterocycles. The van der Waals surface area contributed by atoms with Gasteiger partial charge in [-0.25, -0.2) is 9.67 Å². The van der Waals surface area contributed by atoms with E-state index in [2.05, 4.69) is 51.1 Å². The van der Waals surface area contributed by atoms with Crippen LogP contribution in [0.15, 0.2) is 41.7 Å². The molecule has 0 saturated carbocycles. The third-order valence-electron chi connectivity index (χ3n) is 4.20. The number of aliphatic imine (C=N–C) groups is 1. The van der Waals surface area contributed by atoms with Gasteiger partial charge in [-0.1, -0.05) is 18.2 Å². The van der Waals surface area contributed by atoms with Crippen LogP contribution in [0.25, 0.3) is 5.69 Å². The first kappa shape index (κ1) is 18.6. The van der Waals surface area contributed by atoms with Gasteiger partial charge in [0.15, 0.2) is 11.8 Å². The SMILES string of the molecule is CCNC(=NCc1ccccc1-n1nc(C)cc1C)NCc1nncn1C. The second-order valence-corrected chi connectivity index (χ2v) is 6.37. The van der Waals surface area contributed by atoms with Crippen molar-refractivity contribution in [3.05, 3.63) is 59.4 Å². The maximum absolute atomic E-state index is 4.73. The summed E-state index contributed by atoms with van der Waals surface area (Å²) < 4.78 is 3.86. The lowest BCUT2D eigenvalue weighted by molar-refractivity contribution is 0.726. The number of para-hydroxylation sites is 1. The number of nitrogens with one attached hydrogen (secondary N) is 2. The summed E-state index contributed by atoms with van der Waals surface area (Å²) in [5.74, 6) is 1.59. The molecule has 0 aliphatic carbocycles. The Balaban J connectivity index is 1.78. The molecule has 3 rings (SSSR count). The molecular weight excluding hydrogens is 340 g/mol. The third kappa shape index (κ3) is 4.52. The highest BCUT2D eigenvalue weighted by Gasteiger charge is 2.09. The Hall–Kier alpha value is -3.16. The topological polar surface area (TPSA) is 84.9 Å². The molecule has 1 aromatic carbocycles. The van der Waals surface area contributed by atoms with E-state index < -0.39 is 0 Å². The summed E-state index contributed by atoms with van der Waals surface area (Å²) in [6.07, 6.45) is 1.69. The largest absolute Gasteiger partial charge is 0.357 e. The van der Waals surface area contributed by atoms with E-state index in [1.54, 1.807) is 6.33 Å². The fourth-order valence-corrected chi connectivity index (χ4v) is 2.86. The van der Waals surface area contributed by atoms with Crippen molar-refractivity contribution in [1.29, 1.82) is 0 Å². The summed E-state index contributed by atoms with van der Waals surface area (Å²) in [4.78, 5) is 4.73. The van der Waals surface area contributed by atoms with Crippen LogP contribution in [0, 0.1) is 13.8 Å². The van der Waals surface area contributed by atoms with Gasteiger partial charge >= 0.3 is 0 Å². The molecule has 0 bridgehead atoms. The van der Waals surface area contributed by atoms with Crippen LogP contribution in [0.4, 0.5) is 0 Å². The summed E-state index contributed by atoms with van der Waals surface area (Å²) in [7, 11) is 1.92. The number of hydrogen-bond acceptors (Lipinski definition) is 4. The van der Waals surface area contributed by atoms with Crippen LogP contribution in [-0.4, -0.2) is 37.0 Å². The molecule has 3 aromatic rings. The van der Waals surface area contributed by atoms with Gasteiger partial charge in [-0.05, 0) is 38.5 Å². The van der Waals surface area contributed by atoms with E-state index in [9.17, 15) is 0 Å². The minimum atomic E-state index is 0.544. The van der Waals surface area contributed by atoms with Crippen LogP contribution in [0.2, 0.25) is 0 Å². The Kier molecular flexibility index (Phi) is 5.85. The highest BCUT2D eigenvalue weighted by Crippen LogP contribution is 2.17. The Morgan fingerprint density at radius 1 is 1.19 bits per heavy atom. The molecule has 0 amide bonds. The van der Waals surface area contributed by atoms with E-state index in [1.165, 1.54) is 0 Å². The fraction of sp³-hybridized carbons (Fsp3) is 0.368. The van der Waals surface area contributed by atoms with Gasteiger partial charge in [0.25, 0.3) is 0 Å². The normalized spacial score (nSPS) is 11.6. The number of aromatic nitrogens is 5. The maximum atomic E-state index is 4.73. The van der Waals surface area contributed by atoms with Gasteiger partial charge in [-0.15, -0.1) is 10.2 Å². The van der Waals surface area contributed by atoms with E-state index in [4.69, 9.17) is 4.99 Å². The van der Waals surface area contributed by atoms with Crippen molar-refractivity contribution >= 4 is 5.96 Å². The van der Waals surface area contributed by atoms with E-state index in [1.807, 2.05) is 42.3 Å². The zero-order valence-electron chi connectivity index (χ0n) is 16.3. The van der Waals surface area contributed by atoms with Crippen LogP contribution in [0.3, 0.4) is 0 Å². The van der Waals surface area contributed by atoms with Crippen molar-refractivity contribution in [3.8, 4) is 5.69 Å². The average molecular weight is 366 g/mol. The molecule has 0 spiro atoms. The number of aryl methyl sites for hydroxylation is 3. The molecule has 27 heavy (non-hydrogen) atoms. The predicted molar refractivity (Wildman–Crippen MR) is 106 cm³/mol. The second kappa shape index (κ2) is 8.48. The molecule has 0 radical (unpaired) electrons. The third-order valence-corrected chi connectivity index (χ3v) is 4.20. The monoisotopic (exact) mass is 366 g/mol. The number of benzene rings is 1. The fourth-order valence-electron chi connectivity index (χ4n) is 2.86. The Morgan fingerprint density at radius 2 is 2.00 bits per heavy atom. The predicted octanol–water partition coefficient (Wildman–Crippen LogP) is 1.87. The molecule has 0 aliphatic rings. The molecule has 0 saturated heterocycles. The molecule has 8 heteroatoms. The minimum Gasteiger partial charge on any atom is -0.357 e. The summed E-state index contributed by atoms with van der Waals surface area (Å²) in [6, 6.07) is 10.3. The standard InChI is InChI=1S/C19H26N8/c1-5-20-19(22-12-18-24-23-13-26(18)4)21-11-16-8-6-7-9-17(16)27-15(3)10-14(2)25-27/h6-10,13H,5,11-12H2,1-4H3,(H2,20,21,22). The summed E-state index contributed by atoms with van der Waals surface area (Å²) in [6.45, 7) is 7.99. The Labute approximate surface area is 159 Å². The van der Waals surface area contributed by atoms with Crippen molar-refractivity contribution in [2.24, 2.45) is 12.0 Å². The lowest BCUT2D eigenvalue weighted by Crippen LogP contribution is -2.37.